The second-order valence-electron chi connectivity index (χ2n) is 6.82. The van der Waals surface area contributed by atoms with Gasteiger partial charge >= 0.3 is 0 Å². The number of aryl methyl sites for hydroxylation is 1. The van der Waals surface area contributed by atoms with Gasteiger partial charge in [0.25, 0.3) is 5.56 Å². The number of aromatic nitrogens is 3. The van der Waals surface area contributed by atoms with Crippen LogP contribution in [0.25, 0.3) is 0 Å². The van der Waals surface area contributed by atoms with E-state index in [2.05, 4.69) is 25.9 Å². The number of halogens is 1. The Kier molecular flexibility index (Phi) is 4.07. The molecule has 0 saturated carbocycles. The molecule has 8 heteroatoms. The predicted octanol–water partition coefficient (Wildman–Crippen LogP) is 1.31. The van der Waals surface area contributed by atoms with Crippen LogP contribution in [-0.4, -0.2) is 41.1 Å². The van der Waals surface area contributed by atoms with Crippen molar-refractivity contribution >= 4 is 11.8 Å². The second-order valence-corrected chi connectivity index (χ2v) is 6.82. The van der Waals surface area contributed by atoms with Crippen LogP contribution >= 0.6 is 0 Å². The van der Waals surface area contributed by atoms with Crippen LogP contribution in [0.4, 0.5) is 16.2 Å². The molecule has 0 amide bonds. The first-order valence-corrected chi connectivity index (χ1v) is 8.74. The third-order valence-corrected chi connectivity index (χ3v) is 5.25. The third kappa shape index (κ3) is 2.69. The molecule has 7 nitrogen and oxygen atoms in total. The normalized spacial score (nSPS) is 21.7. The largest absolute Gasteiger partial charge is 0.355 e. The summed E-state index contributed by atoms with van der Waals surface area (Å²) >= 11 is 0. The zero-order valence-electron chi connectivity index (χ0n) is 14.4. The first kappa shape index (κ1) is 16.5. The van der Waals surface area contributed by atoms with E-state index in [0.29, 0.717) is 29.8 Å². The molecule has 2 saturated heterocycles. The summed E-state index contributed by atoms with van der Waals surface area (Å²) in [6, 6.07) is 5.74. The lowest BCUT2D eigenvalue weighted by molar-refractivity contribution is 0.533. The topological polar surface area (TPSA) is 88.9 Å². The van der Waals surface area contributed by atoms with Crippen LogP contribution in [0.15, 0.2) is 23.1 Å². The fourth-order valence-corrected chi connectivity index (χ4v) is 3.95. The van der Waals surface area contributed by atoms with E-state index < -0.39 is 11.4 Å². The van der Waals surface area contributed by atoms with Crippen LogP contribution in [0.1, 0.15) is 18.2 Å². The van der Waals surface area contributed by atoms with Gasteiger partial charge in [-0.2, -0.15) is 9.65 Å². The molecule has 0 radical (unpaired) electrons. The number of fused-ring (bicyclic) bond motifs is 1. The Bertz CT molecular complexity index is 922. The fourth-order valence-electron chi connectivity index (χ4n) is 3.95. The van der Waals surface area contributed by atoms with Crippen molar-refractivity contribution in [1.29, 1.82) is 5.26 Å². The fraction of sp³-hybridized carbons (Fsp3) is 0.444. The molecule has 0 aromatic carbocycles. The average molecular weight is 354 g/mol. The van der Waals surface area contributed by atoms with Gasteiger partial charge in [-0.1, -0.05) is 6.92 Å². The molecule has 1 N–H and O–H groups in total. The Morgan fingerprint density at radius 2 is 2.00 bits per heavy atom. The molecule has 0 bridgehead atoms. The molecular weight excluding hydrogens is 335 g/mol. The summed E-state index contributed by atoms with van der Waals surface area (Å²) in [4.78, 5) is 27.2. The van der Waals surface area contributed by atoms with E-state index in [9.17, 15) is 14.4 Å². The Labute approximate surface area is 150 Å². The number of nitrogens with zero attached hydrogens (tertiary/aromatic N) is 5. The number of H-pyrrole nitrogens is 1. The Balaban J connectivity index is 1.52. The summed E-state index contributed by atoms with van der Waals surface area (Å²) in [7, 11) is 0. The van der Waals surface area contributed by atoms with Crippen LogP contribution in [0.5, 0.6) is 0 Å². The van der Waals surface area contributed by atoms with Crippen molar-refractivity contribution < 1.29 is 4.39 Å². The van der Waals surface area contributed by atoms with Crippen molar-refractivity contribution in [3.05, 3.63) is 45.8 Å². The number of rotatable bonds is 3. The number of nitriles is 1. The van der Waals surface area contributed by atoms with Crippen LogP contribution in [0.3, 0.4) is 0 Å². The number of hydrogen-bond acceptors (Lipinski definition) is 6. The number of nitrogens with one attached hydrogen (secondary N) is 1. The smallest absolute Gasteiger partial charge is 0.288 e. The van der Waals surface area contributed by atoms with Crippen molar-refractivity contribution in [1.82, 2.24) is 15.0 Å². The Morgan fingerprint density at radius 1 is 1.31 bits per heavy atom. The Hall–Kier alpha value is -2.95. The number of hydrogen-bond donors (Lipinski definition) is 1. The zero-order valence-corrected chi connectivity index (χ0v) is 14.4. The predicted molar refractivity (Wildman–Crippen MR) is 94.6 cm³/mol. The highest BCUT2D eigenvalue weighted by molar-refractivity contribution is 5.54. The van der Waals surface area contributed by atoms with Crippen LogP contribution in [0, 0.1) is 29.0 Å². The van der Waals surface area contributed by atoms with E-state index in [1.165, 1.54) is 0 Å². The summed E-state index contributed by atoms with van der Waals surface area (Å²) in [5, 5.41) is 9.27. The molecule has 2 aliphatic rings. The minimum absolute atomic E-state index is 0.203. The summed E-state index contributed by atoms with van der Waals surface area (Å²) in [6.07, 6.45) is 2.09. The van der Waals surface area contributed by atoms with E-state index in [1.54, 1.807) is 25.3 Å². The van der Waals surface area contributed by atoms with E-state index in [0.717, 1.165) is 32.0 Å². The van der Waals surface area contributed by atoms with Gasteiger partial charge in [-0.3, -0.25) is 9.78 Å². The van der Waals surface area contributed by atoms with Crippen LogP contribution < -0.4 is 15.4 Å². The number of aromatic amines is 1. The van der Waals surface area contributed by atoms with Crippen molar-refractivity contribution in [2.75, 3.05) is 36.0 Å². The lowest BCUT2D eigenvalue weighted by Crippen LogP contribution is -2.32. The molecule has 4 heterocycles. The second kappa shape index (κ2) is 6.41. The van der Waals surface area contributed by atoms with Gasteiger partial charge in [-0.15, -0.1) is 0 Å². The maximum atomic E-state index is 13.7. The van der Waals surface area contributed by atoms with Crippen LogP contribution in [0.2, 0.25) is 0 Å². The molecule has 2 unspecified atom stereocenters. The first-order valence-electron chi connectivity index (χ1n) is 8.74. The van der Waals surface area contributed by atoms with Gasteiger partial charge in [0, 0.05) is 44.2 Å². The van der Waals surface area contributed by atoms with Crippen LogP contribution in [-0.2, 0) is 6.42 Å². The molecule has 0 aliphatic carbocycles. The molecule has 26 heavy (non-hydrogen) atoms. The SMILES string of the molecule is CCc1nc(N2CC3CN(c4ncccc4C#N)CC3C2)[nH]c(=O)c1F. The van der Waals surface area contributed by atoms with Gasteiger partial charge in [0.1, 0.15) is 11.9 Å². The third-order valence-electron chi connectivity index (χ3n) is 5.25. The monoisotopic (exact) mass is 354 g/mol. The van der Waals surface area contributed by atoms with Gasteiger partial charge in [-0.25, -0.2) is 9.97 Å². The zero-order chi connectivity index (χ0) is 18.3. The van der Waals surface area contributed by atoms with Crippen molar-refractivity contribution in [2.24, 2.45) is 11.8 Å². The van der Waals surface area contributed by atoms with E-state index >= 15 is 0 Å². The minimum atomic E-state index is -0.791. The lowest BCUT2D eigenvalue weighted by Gasteiger charge is -2.23. The number of pyridine rings is 1. The van der Waals surface area contributed by atoms with Gasteiger partial charge in [0.15, 0.2) is 0 Å². The minimum Gasteiger partial charge on any atom is -0.355 e. The maximum Gasteiger partial charge on any atom is 0.288 e. The standard InChI is InChI=1S/C18H19FN6O/c1-2-14-15(19)17(26)23-18(22-14)25-9-12-7-24(8-13(12)10-25)16-11(6-20)4-3-5-21-16/h3-5,12-13H,2,7-10H2,1H3,(H,22,23,26). The molecule has 4 rings (SSSR count). The van der Waals surface area contributed by atoms with Crippen molar-refractivity contribution in [3.63, 3.8) is 0 Å². The molecule has 0 spiro atoms. The van der Waals surface area contributed by atoms with Gasteiger partial charge < -0.3 is 9.80 Å². The molecule has 134 valence electrons. The molecular formula is C18H19FN6O. The maximum absolute atomic E-state index is 13.7. The van der Waals surface area contributed by atoms with E-state index in [1.807, 2.05) is 4.90 Å². The van der Waals surface area contributed by atoms with Gasteiger partial charge in [0.05, 0.1) is 11.3 Å². The summed E-state index contributed by atoms with van der Waals surface area (Å²) < 4.78 is 13.7. The highest BCUT2D eigenvalue weighted by atomic mass is 19.1. The lowest BCUT2D eigenvalue weighted by atomic mass is 10.0. The highest BCUT2D eigenvalue weighted by Gasteiger charge is 2.41. The number of anilines is 2. The first-order chi connectivity index (χ1) is 12.6. The van der Waals surface area contributed by atoms with E-state index in [-0.39, 0.29) is 5.69 Å². The molecule has 2 atom stereocenters. The van der Waals surface area contributed by atoms with Crippen molar-refractivity contribution in [3.8, 4) is 6.07 Å². The van der Waals surface area contributed by atoms with Crippen molar-refractivity contribution in [2.45, 2.75) is 13.3 Å². The summed E-state index contributed by atoms with van der Waals surface area (Å²) in [5.41, 5.74) is 0.0775. The molecule has 2 fully saturated rings. The summed E-state index contributed by atoms with van der Waals surface area (Å²) in [5.74, 6) is 1.18. The van der Waals surface area contributed by atoms with Gasteiger partial charge in [0.2, 0.25) is 11.8 Å². The quantitative estimate of drug-likeness (QED) is 0.894. The molecule has 2 aromatic heterocycles. The average Bonchev–Trinajstić information content (AvgIpc) is 3.23. The highest BCUT2D eigenvalue weighted by Crippen LogP contribution is 2.35. The molecule has 2 aromatic rings. The summed E-state index contributed by atoms with van der Waals surface area (Å²) in [6.45, 7) is 4.88. The Morgan fingerprint density at radius 3 is 2.65 bits per heavy atom. The molecule has 2 aliphatic heterocycles. The van der Waals surface area contributed by atoms with E-state index in [4.69, 9.17) is 0 Å². The van der Waals surface area contributed by atoms with Gasteiger partial charge in [-0.05, 0) is 18.6 Å².